The van der Waals surface area contributed by atoms with Gasteiger partial charge in [-0.25, -0.2) is 4.79 Å². The predicted molar refractivity (Wildman–Crippen MR) is 89.3 cm³/mol. The third-order valence-corrected chi connectivity index (χ3v) is 4.47. The lowest BCUT2D eigenvalue weighted by atomic mass is 9.96. The first-order valence-electron chi connectivity index (χ1n) is 7.73. The summed E-state index contributed by atoms with van der Waals surface area (Å²) in [4.78, 5) is 12.2. The molecule has 0 fully saturated rings. The van der Waals surface area contributed by atoms with Crippen LogP contribution in [-0.4, -0.2) is 5.97 Å². The molecule has 1 heterocycles. The first-order valence-corrected chi connectivity index (χ1v) is 8.10. The van der Waals surface area contributed by atoms with Crippen LogP contribution in [-0.2, 0) is 12.8 Å². The van der Waals surface area contributed by atoms with E-state index in [4.69, 9.17) is 20.8 Å². The summed E-state index contributed by atoms with van der Waals surface area (Å²) in [7, 11) is 0. The van der Waals surface area contributed by atoms with Crippen LogP contribution in [0.15, 0.2) is 46.9 Å². The van der Waals surface area contributed by atoms with E-state index < -0.39 is 5.97 Å². The van der Waals surface area contributed by atoms with Crippen LogP contribution < -0.4 is 4.74 Å². The Morgan fingerprint density at radius 2 is 1.83 bits per heavy atom. The van der Waals surface area contributed by atoms with Crippen LogP contribution in [0.3, 0.4) is 0 Å². The molecule has 4 rings (SSSR count). The van der Waals surface area contributed by atoms with Gasteiger partial charge in [0.1, 0.15) is 17.1 Å². The summed E-state index contributed by atoms with van der Waals surface area (Å²) >= 11 is 5.83. The summed E-state index contributed by atoms with van der Waals surface area (Å²) in [6.45, 7) is 0. The van der Waals surface area contributed by atoms with Crippen LogP contribution in [0.1, 0.15) is 34.5 Å². The van der Waals surface area contributed by atoms with Gasteiger partial charge in [0.05, 0.1) is 5.56 Å². The van der Waals surface area contributed by atoms with Gasteiger partial charge in [0.25, 0.3) is 0 Å². The summed E-state index contributed by atoms with van der Waals surface area (Å²) < 4.78 is 11.4. The van der Waals surface area contributed by atoms with Crippen molar-refractivity contribution in [1.82, 2.24) is 0 Å². The summed E-state index contributed by atoms with van der Waals surface area (Å²) in [6, 6.07) is 12.2. The maximum Gasteiger partial charge on any atom is 0.343 e. The molecule has 0 N–H and O–H groups in total. The van der Waals surface area contributed by atoms with Crippen LogP contribution >= 0.6 is 11.6 Å². The molecule has 23 heavy (non-hydrogen) atoms. The number of carbonyl (C=O) groups is 1. The molecule has 2 aromatic carbocycles. The third kappa shape index (κ3) is 2.73. The molecule has 116 valence electrons. The van der Waals surface area contributed by atoms with Crippen molar-refractivity contribution >= 4 is 28.5 Å². The fraction of sp³-hybridized carbons (Fsp3) is 0.211. The van der Waals surface area contributed by atoms with Crippen LogP contribution in [0, 0.1) is 0 Å². The molecule has 1 aromatic heterocycles. The molecule has 1 aliphatic rings. The maximum absolute atomic E-state index is 12.2. The highest BCUT2D eigenvalue weighted by Gasteiger charge is 2.18. The average molecular weight is 327 g/mol. The number of fused-ring (bicyclic) bond motifs is 3. The van der Waals surface area contributed by atoms with Gasteiger partial charge in [-0.15, -0.1) is 0 Å². The molecule has 0 spiro atoms. The van der Waals surface area contributed by atoms with E-state index in [1.54, 1.807) is 30.3 Å². The number of hydrogen-bond donors (Lipinski definition) is 0. The second kappa shape index (κ2) is 5.74. The third-order valence-electron chi connectivity index (χ3n) is 4.22. The quantitative estimate of drug-likeness (QED) is 0.481. The number of carbonyl (C=O) groups excluding carboxylic acids is 1. The minimum Gasteiger partial charge on any atom is -0.461 e. The van der Waals surface area contributed by atoms with Crippen LogP contribution in [0.5, 0.6) is 5.75 Å². The Balaban J connectivity index is 1.64. The molecule has 3 aromatic rings. The number of halogens is 1. The molecular formula is C19H15ClO3. The van der Waals surface area contributed by atoms with Crippen molar-refractivity contribution in [2.75, 3.05) is 0 Å². The molecule has 0 saturated heterocycles. The fourth-order valence-electron chi connectivity index (χ4n) is 3.06. The van der Waals surface area contributed by atoms with Gasteiger partial charge >= 0.3 is 5.97 Å². The second-order valence-electron chi connectivity index (χ2n) is 5.77. The van der Waals surface area contributed by atoms with Gasteiger partial charge in [0.15, 0.2) is 0 Å². The van der Waals surface area contributed by atoms with E-state index in [9.17, 15) is 4.79 Å². The van der Waals surface area contributed by atoms with E-state index >= 15 is 0 Å². The SMILES string of the molecule is O=C(Oc1ccc2oc3c(c2c1)CCCC3)c1ccc(Cl)cc1. The van der Waals surface area contributed by atoms with Gasteiger partial charge in [0, 0.05) is 22.4 Å². The number of esters is 1. The van der Waals surface area contributed by atoms with Gasteiger partial charge in [0.2, 0.25) is 0 Å². The van der Waals surface area contributed by atoms with Crippen molar-refractivity contribution in [3.05, 3.63) is 64.4 Å². The van der Waals surface area contributed by atoms with E-state index in [-0.39, 0.29) is 0 Å². The zero-order valence-electron chi connectivity index (χ0n) is 12.5. The fourth-order valence-corrected chi connectivity index (χ4v) is 3.18. The Morgan fingerprint density at radius 3 is 2.65 bits per heavy atom. The van der Waals surface area contributed by atoms with Crippen molar-refractivity contribution in [2.45, 2.75) is 25.7 Å². The van der Waals surface area contributed by atoms with E-state index in [2.05, 4.69) is 0 Å². The Hall–Kier alpha value is -2.26. The molecule has 0 unspecified atom stereocenters. The van der Waals surface area contributed by atoms with Crippen molar-refractivity contribution in [3.63, 3.8) is 0 Å². The monoisotopic (exact) mass is 326 g/mol. The number of furan rings is 1. The van der Waals surface area contributed by atoms with E-state index in [1.807, 2.05) is 12.1 Å². The minimum atomic E-state index is -0.390. The predicted octanol–water partition coefficient (Wildman–Crippen LogP) is 5.18. The van der Waals surface area contributed by atoms with Crippen molar-refractivity contribution in [2.24, 2.45) is 0 Å². The molecule has 0 aliphatic heterocycles. The maximum atomic E-state index is 12.2. The number of aryl methyl sites for hydroxylation is 2. The van der Waals surface area contributed by atoms with Crippen LogP contribution in [0.25, 0.3) is 11.0 Å². The molecule has 1 aliphatic carbocycles. The highest BCUT2D eigenvalue weighted by atomic mass is 35.5. The molecule has 0 bridgehead atoms. The Morgan fingerprint density at radius 1 is 1.04 bits per heavy atom. The van der Waals surface area contributed by atoms with E-state index in [0.29, 0.717) is 16.3 Å². The number of benzene rings is 2. The topological polar surface area (TPSA) is 39.4 Å². The molecule has 0 amide bonds. The zero-order valence-corrected chi connectivity index (χ0v) is 13.2. The van der Waals surface area contributed by atoms with Gasteiger partial charge in [-0.05, 0) is 61.7 Å². The smallest absolute Gasteiger partial charge is 0.343 e. The first kappa shape index (κ1) is 14.3. The van der Waals surface area contributed by atoms with E-state index in [1.165, 1.54) is 18.4 Å². The summed E-state index contributed by atoms with van der Waals surface area (Å²) in [5, 5.41) is 1.65. The summed E-state index contributed by atoms with van der Waals surface area (Å²) in [5.74, 6) is 1.22. The van der Waals surface area contributed by atoms with Gasteiger partial charge in [-0.1, -0.05) is 11.6 Å². The molecule has 0 saturated carbocycles. The van der Waals surface area contributed by atoms with Gasteiger partial charge < -0.3 is 9.15 Å². The molecule has 0 atom stereocenters. The molecule has 0 radical (unpaired) electrons. The van der Waals surface area contributed by atoms with Gasteiger partial charge in [-0.3, -0.25) is 0 Å². The Labute approximate surface area is 138 Å². The minimum absolute atomic E-state index is 0.390. The lowest BCUT2D eigenvalue weighted by Crippen LogP contribution is -2.08. The molecule has 3 nitrogen and oxygen atoms in total. The lowest BCUT2D eigenvalue weighted by molar-refractivity contribution is 0.0735. The normalized spacial score (nSPS) is 13.8. The number of hydrogen-bond acceptors (Lipinski definition) is 3. The largest absolute Gasteiger partial charge is 0.461 e. The highest BCUT2D eigenvalue weighted by molar-refractivity contribution is 6.30. The lowest BCUT2D eigenvalue weighted by Gasteiger charge is -2.09. The summed E-state index contributed by atoms with van der Waals surface area (Å²) in [6.07, 6.45) is 4.36. The first-order chi connectivity index (χ1) is 11.2. The van der Waals surface area contributed by atoms with Crippen LogP contribution in [0.4, 0.5) is 0 Å². The average Bonchev–Trinajstić information content (AvgIpc) is 2.93. The van der Waals surface area contributed by atoms with Crippen molar-refractivity contribution in [1.29, 1.82) is 0 Å². The van der Waals surface area contributed by atoms with Crippen molar-refractivity contribution in [3.8, 4) is 5.75 Å². The zero-order chi connectivity index (χ0) is 15.8. The molecular weight excluding hydrogens is 312 g/mol. The summed E-state index contributed by atoms with van der Waals surface area (Å²) in [5.41, 5.74) is 2.60. The number of ether oxygens (including phenoxy) is 1. The molecule has 4 heteroatoms. The Bertz CT molecular complexity index is 878. The van der Waals surface area contributed by atoms with Crippen molar-refractivity contribution < 1.29 is 13.9 Å². The number of rotatable bonds is 2. The second-order valence-corrected chi connectivity index (χ2v) is 6.20. The van der Waals surface area contributed by atoms with E-state index in [0.717, 1.165) is 29.6 Å². The van der Waals surface area contributed by atoms with Gasteiger partial charge in [-0.2, -0.15) is 0 Å². The Kier molecular flexibility index (Phi) is 3.58. The highest BCUT2D eigenvalue weighted by Crippen LogP contribution is 2.34. The van der Waals surface area contributed by atoms with Crippen LogP contribution in [0.2, 0.25) is 5.02 Å². The standard InChI is InChI=1S/C19H15ClO3/c20-13-7-5-12(6-8-13)19(21)22-14-9-10-18-16(11-14)15-3-1-2-4-17(15)23-18/h5-11H,1-4H2.